The zero-order chi connectivity index (χ0) is 42.1. The molecule has 4 heterocycles. The van der Waals surface area contributed by atoms with Gasteiger partial charge in [0, 0.05) is 35.9 Å². The van der Waals surface area contributed by atoms with E-state index in [1.54, 1.807) is 0 Å². The molecule has 0 aliphatic rings. The standard InChI is InChI=1S/C60H38N4/c1-2-14-39(15-3-1)44-33-35-64-38-54(62-56(64)36-44)41-27-31-43(32-28-41)58-47-18-6-10-22-51(47)60(52-23-11-7-19-48(52)58)59-49-20-8-4-16-45(49)57(46-17-5-9-21-50(46)59)42-29-25-40(26-30-42)53-37-63-34-13-12-24-55(63)61-53/h1-38H. The molecule has 0 saturated heterocycles. The van der Waals surface area contributed by atoms with Crippen molar-refractivity contribution in [2.75, 3.05) is 0 Å². The van der Waals surface area contributed by atoms with Crippen LogP contribution in [0, 0.1) is 0 Å². The predicted molar refractivity (Wildman–Crippen MR) is 267 cm³/mol. The van der Waals surface area contributed by atoms with Crippen molar-refractivity contribution < 1.29 is 0 Å². The molecular weight excluding hydrogens is 777 g/mol. The molecular formula is C60H38N4. The maximum absolute atomic E-state index is 5.08. The largest absolute Gasteiger partial charge is 0.306 e. The first-order valence-corrected chi connectivity index (χ1v) is 21.8. The zero-order valence-corrected chi connectivity index (χ0v) is 34.7. The van der Waals surface area contributed by atoms with Crippen molar-refractivity contribution in [3.05, 3.63) is 231 Å². The Morgan fingerprint density at radius 2 is 0.625 bits per heavy atom. The number of pyridine rings is 2. The number of nitrogens with zero attached hydrogens (tertiary/aromatic N) is 4. The highest BCUT2D eigenvalue weighted by Gasteiger charge is 2.22. The number of hydrogen-bond acceptors (Lipinski definition) is 2. The molecule has 9 aromatic carbocycles. The molecule has 0 atom stereocenters. The van der Waals surface area contributed by atoms with Gasteiger partial charge in [-0.1, -0.05) is 182 Å². The first kappa shape index (κ1) is 36.1. The summed E-state index contributed by atoms with van der Waals surface area (Å²) in [5, 5.41) is 9.84. The van der Waals surface area contributed by atoms with Crippen LogP contribution in [0.2, 0.25) is 0 Å². The number of aromatic nitrogens is 4. The van der Waals surface area contributed by atoms with Crippen LogP contribution in [0.1, 0.15) is 0 Å². The van der Waals surface area contributed by atoms with Gasteiger partial charge in [0.2, 0.25) is 0 Å². The molecule has 13 aromatic rings. The van der Waals surface area contributed by atoms with Gasteiger partial charge >= 0.3 is 0 Å². The first-order valence-electron chi connectivity index (χ1n) is 21.8. The van der Waals surface area contributed by atoms with E-state index in [1.807, 2.05) is 30.5 Å². The summed E-state index contributed by atoms with van der Waals surface area (Å²) in [7, 11) is 0. The van der Waals surface area contributed by atoms with Crippen LogP contribution >= 0.6 is 0 Å². The number of fused-ring (bicyclic) bond motifs is 6. The first-order chi connectivity index (χ1) is 31.7. The van der Waals surface area contributed by atoms with E-state index >= 15 is 0 Å². The van der Waals surface area contributed by atoms with Crippen LogP contribution in [0.4, 0.5) is 0 Å². The van der Waals surface area contributed by atoms with Crippen LogP contribution in [0.5, 0.6) is 0 Å². The van der Waals surface area contributed by atoms with Crippen molar-refractivity contribution in [2.24, 2.45) is 0 Å². The fraction of sp³-hybridized carbons (Fsp3) is 0. The number of hydrogen-bond donors (Lipinski definition) is 0. The molecule has 298 valence electrons. The third-order valence-electron chi connectivity index (χ3n) is 13.0. The van der Waals surface area contributed by atoms with Crippen molar-refractivity contribution >= 4 is 54.4 Å². The average Bonchev–Trinajstić information content (AvgIpc) is 4.01. The lowest BCUT2D eigenvalue weighted by atomic mass is 9.81. The van der Waals surface area contributed by atoms with Gasteiger partial charge in [0.05, 0.1) is 11.4 Å². The molecule has 0 amide bonds. The summed E-state index contributed by atoms with van der Waals surface area (Å²) in [6.45, 7) is 0. The van der Waals surface area contributed by atoms with E-state index in [-0.39, 0.29) is 0 Å². The smallest absolute Gasteiger partial charge is 0.138 e. The summed E-state index contributed by atoms with van der Waals surface area (Å²) < 4.78 is 4.18. The summed E-state index contributed by atoms with van der Waals surface area (Å²) in [5.41, 5.74) is 15.7. The average molecular weight is 815 g/mol. The van der Waals surface area contributed by atoms with Gasteiger partial charge in [0.1, 0.15) is 11.3 Å². The Bertz CT molecular complexity index is 3790. The lowest BCUT2D eigenvalue weighted by Gasteiger charge is -2.22. The van der Waals surface area contributed by atoms with E-state index in [0.29, 0.717) is 0 Å². The van der Waals surface area contributed by atoms with Crippen LogP contribution in [-0.2, 0) is 0 Å². The summed E-state index contributed by atoms with van der Waals surface area (Å²) in [4.78, 5) is 9.97. The predicted octanol–water partition coefficient (Wildman–Crippen LogP) is 15.6. The number of rotatable bonds is 6. The third kappa shape index (κ3) is 5.77. The Morgan fingerprint density at radius 1 is 0.250 bits per heavy atom. The molecule has 0 fully saturated rings. The molecule has 0 radical (unpaired) electrons. The highest BCUT2D eigenvalue weighted by Crippen LogP contribution is 2.50. The molecule has 0 bridgehead atoms. The molecule has 4 heteroatoms. The minimum Gasteiger partial charge on any atom is -0.306 e. The van der Waals surface area contributed by atoms with Gasteiger partial charge in [-0.15, -0.1) is 0 Å². The van der Waals surface area contributed by atoms with Gasteiger partial charge < -0.3 is 8.80 Å². The second-order valence-corrected chi connectivity index (χ2v) is 16.6. The Kier molecular flexibility index (Phi) is 8.18. The maximum Gasteiger partial charge on any atom is 0.138 e. The lowest BCUT2D eigenvalue weighted by Crippen LogP contribution is -1.94. The van der Waals surface area contributed by atoms with Gasteiger partial charge in [-0.3, -0.25) is 0 Å². The van der Waals surface area contributed by atoms with Crippen molar-refractivity contribution in [1.82, 2.24) is 18.8 Å². The second-order valence-electron chi connectivity index (χ2n) is 16.6. The highest BCUT2D eigenvalue weighted by atomic mass is 15.0. The SMILES string of the molecule is c1ccc(-c2ccn3cc(-c4ccc(-c5c6ccccc6c(-c6c7ccccc7c(-c7ccc(-c8cn9ccccc9n8)cc7)c7ccccc67)c6ccccc56)cc4)nc3c2)cc1. The summed E-state index contributed by atoms with van der Waals surface area (Å²) in [6, 6.07) is 74.6. The number of benzene rings is 9. The fourth-order valence-electron chi connectivity index (χ4n) is 10.0. The topological polar surface area (TPSA) is 34.6 Å². The van der Waals surface area contributed by atoms with Gasteiger partial charge in [-0.2, -0.15) is 0 Å². The highest BCUT2D eigenvalue weighted by molar-refractivity contribution is 6.30. The normalized spacial score (nSPS) is 11.8. The Labute approximate surface area is 369 Å². The fourth-order valence-corrected chi connectivity index (χ4v) is 10.0. The van der Waals surface area contributed by atoms with E-state index in [4.69, 9.17) is 9.97 Å². The Morgan fingerprint density at radius 3 is 1.08 bits per heavy atom. The van der Waals surface area contributed by atoms with E-state index in [9.17, 15) is 0 Å². The van der Waals surface area contributed by atoms with Crippen LogP contribution in [0.25, 0.3) is 121 Å². The molecule has 4 nitrogen and oxygen atoms in total. The molecule has 0 N–H and O–H groups in total. The zero-order valence-electron chi connectivity index (χ0n) is 34.7. The van der Waals surface area contributed by atoms with Gasteiger partial charge in [0.15, 0.2) is 0 Å². The van der Waals surface area contributed by atoms with E-state index in [1.165, 1.54) is 82.0 Å². The van der Waals surface area contributed by atoms with Gasteiger partial charge in [-0.25, -0.2) is 9.97 Å². The summed E-state index contributed by atoms with van der Waals surface area (Å²) in [6.07, 6.45) is 8.37. The monoisotopic (exact) mass is 814 g/mol. The maximum atomic E-state index is 5.08. The van der Waals surface area contributed by atoms with Gasteiger partial charge in [-0.05, 0) is 112 Å². The van der Waals surface area contributed by atoms with Crippen molar-refractivity contribution in [3.63, 3.8) is 0 Å². The quantitative estimate of drug-likeness (QED) is 0.157. The molecule has 0 unspecified atom stereocenters. The van der Waals surface area contributed by atoms with Crippen LogP contribution < -0.4 is 0 Å². The minimum absolute atomic E-state index is 0.929. The van der Waals surface area contributed by atoms with Gasteiger partial charge in [0.25, 0.3) is 0 Å². The van der Waals surface area contributed by atoms with E-state index < -0.39 is 0 Å². The molecule has 0 spiro atoms. The molecule has 0 saturated carbocycles. The molecule has 0 aliphatic carbocycles. The molecule has 13 rings (SSSR count). The van der Waals surface area contributed by atoms with E-state index in [2.05, 4.69) is 209 Å². The molecule has 64 heavy (non-hydrogen) atoms. The lowest BCUT2D eigenvalue weighted by molar-refractivity contribution is 1.19. The minimum atomic E-state index is 0.929. The third-order valence-corrected chi connectivity index (χ3v) is 13.0. The van der Waals surface area contributed by atoms with Crippen molar-refractivity contribution in [2.45, 2.75) is 0 Å². The second kappa shape index (κ2) is 14.5. The summed E-state index contributed by atoms with van der Waals surface area (Å²) in [5.74, 6) is 0. The Balaban J connectivity index is 0.963. The number of imidazole rings is 2. The summed E-state index contributed by atoms with van der Waals surface area (Å²) >= 11 is 0. The van der Waals surface area contributed by atoms with Crippen LogP contribution in [0.3, 0.4) is 0 Å². The molecule has 4 aromatic heterocycles. The van der Waals surface area contributed by atoms with Crippen LogP contribution in [0.15, 0.2) is 231 Å². The van der Waals surface area contributed by atoms with E-state index in [0.717, 1.165) is 39.4 Å². The van der Waals surface area contributed by atoms with Crippen LogP contribution in [-0.4, -0.2) is 18.8 Å². The van der Waals surface area contributed by atoms with Crippen molar-refractivity contribution in [3.8, 4) is 67.0 Å². The van der Waals surface area contributed by atoms with Crippen molar-refractivity contribution in [1.29, 1.82) is 0 Å². The molecule has 0 aliphatic heterocycles. The Hall–Kier alpha value is -8.60.